The van der Waals surface area contributed by atoms with Gasteiger partial charge in [0.2, 0.25) is 0 Å². The Morgan fingerprint density at radius 3 is 2.25 bits per heavy atom. The van der Waals surface area contributed by atoms with E-state index in [1.807, 2.05) is 0 Å². The van der Waals surface area contributed by atoms with Gasteiger partial charge in [-0.05, 0) is 6.92 Å². The molecular formula is C6H9BLiNO3. The predicted octanol–water partition coefficient (Wildman–Crippen LogP) is -4.48. The van der Waals surface area contributed by atoms with Crippen LogP contribution in [-0.2, 0) is 0 Å². The first kappa shape index (κ1) is 11.7. The van der Waals surface area contributed by atoms with Crippen molar-refractivity contribution in [1.82, 2.24) is 4.98 Å². The SMILES string of the molecule is Cc1cc([B-](O)(O)O)ccn1.[Li+]. The van der Waals surface area contributed by atoms with Gasteiger partial charge in [-0.25, -0.2) is 0 Å². The zero-order chi connectivity index (χ0) is 8.48. The van der Waals surface area contributed by atoms with Gasteiger partial charge in [0.1, 0.15) is 0 Å². The Labute approximate surface area is 82.5 Å². The average molecular weight is 161 g/mol. The van der Waals surface area contributed by atoms with Crippen LogP contribution >= 0.6 is 0 Å². The van der Waals surface area contributed by atoms with Gasteiger partial charge in [-0.2, -0.15) is 0 Å². The molecular weight excluding hydrogens is 152 g/mol. The Balaban J connectivity index is 0.00000121. The van der Waals surface area contributed by atoms with Crippen LogP contribution in [0.5, 0.6) is 0 Å². The summed E-state index contributed by atoms with van der Waals surface area (Å²) in [4.78, 5) is 3.83. The number of hydrogen-bond acceptors (Lipinski definition) is 4. The summed E-state index contributed by atoms with van der Waals surface area (Å²) >= 11 is 0. The van der Waals surface area contributed by atoms with Crippen LogP contribution in [0, 0.1) is 6.92 Å². The summed E-state index contributed by atoms with van der Waals surface area (Å²) in [6.07, 6.45) is 1.41. The van der Waals surface area contributed by atoms with Gasteiger partial charge in [-0.1, -0.05) is 12.1 Å². The second-order valence-corrected chi connectivity index (χ2v) is 2.46. The fraction of sp³-hybridized carbons (Fsp3) is 0.167. The van der Waals surface area contributed by atoms with Gasteiger partial charge in [0.25, 0.3) is 0 Å². The summed E-state index contributed by atoms with van der Waals surface area (Å²) < 4.78 is 0. The van der Waals surface area contributed by atoms with E-state index in [9.17, 15) is 0 Å². The summed E-state index contributed by atoms with van der Waals surface area (Å²) in [7, 11) is 0. The van der Waals surface area contributed by atoms with Crippen molar-refractivity contribution in [3.05, 3.63) is 24.0 Å². The smallest absolute Gasteiger partial charge is 0.556 e. The maximum Gasteiger partial charge on any atom is 1.00 e. The van der Waals surface area contributed by atoms with E-state index >= 15 is 0 Å². The molecule has 1 aromatic heterocycles. The predicted molar refractivity (Wildman–Crippen MR) is 41.0 cm³/mol. The molecule has 12 heavy (non-hydrogen) atoms. The topological polar surface area (TPSA) is 73.6 Å². The second kappa shape index (κ2) is 4.08. The Morgan fingerprint density at radius 1 is 1.33 bits per heavy atom. The minimum atomic E-state index is -3.36. The number of pyridine rings is 1. The molecule has 0 fully saturated rings. The van der Waals surface area contributed by atoms with Crippen molar-refractivity contribution in [2.75, 3.05) is 0 Å². The largest absolute Gasteiger partial charge is 1.00 e. The molecule has 1 heterocycles. The van der Waals surface area contributed by atoms with E-state index in [1.54, 1.807) is 6.92 Å². The van der Waals surface area contributed by atoms with Crippen molar-refractivity contribution in [2.45, 2.75) is 6.92 Å². The molecule has 6 heteroatoms. The quantitative estimate of drug-likeness (QED) is 0.363. The minimum Gasteiger partial charge on any atom is -0.556 e. The van der Waals surface area contributed by atoms with Crippen LogP contribution in [0.2, 0.25) is 0 Å². The number of aryl methyl sites for hydroxylation is 1. The minimum absolute atomic E-state index is 0. The van der Waals surface area contributed by atoms with Crippen LogP contribution < -0.4 is 24.3 Å². The van der Waals surface area contributed by atoms with Crippen molar-refractivity contribution >= 4 is 12.2 Å². The van der Waals surface area contributed by atoms with Gasteiger partial charge in [0, 0.05) is 11.9 Å². The van der Waals surface area contributed by atoms with Crippen molar-refractivity contribution in [3.63, 3.8) is 0 Å². The third kappa shape index (κ3) is 2.97. The number of nitrogens with zero attached hydrogens (tertiary/aromatic N) is 1. The first-order valence-electron chi connectivity index (χ1n) is 3.24. The monoisotopic (exact) mass is 161 g/mol. The van der Waals surface area contributed by atoms with Crippen molar-refractivity contribution in [3.8, 4) is 0 Å². The Hall–Kier alpha value is -0.308. The van der Waals surface area contributed by atoms with Crippen LogP contribution in [0.1, 0.15) is 5.69 Å². The zero-order valence-electron chi connectivity index (χ0n) is 7.10. The van der Waals surface area contributed by atoms with E-state index in [4.69, 9.17) is 15.1 Å². The standard InChI is InChI=1S/C6H9BNO3.Li/c1-5-4-6(2-3-8-5)7(9,10)11;/h2-4,9-11H,1H3;/q-1;+1. The molecule has 60 valence electrons. The first-order valence-corrected chi connectivity index (χ1v) is 3.24. The Bertz CT molecular complexity index is 263. The fourth-order valence-electron chi connectivity index (χ4n) is 0.808. The van der Waals surface area contributed by atoms with Crippen molar-refractivity contribution < 1.29 is 33.9 Å². The van der Waals surface area contributed by atoms with Gasteiger partial charge < -0.3 is 15.1 Å². The van der Waals surface area contributed by atoms with E-state index in [2.05, 4.69) is 4.98 Å². The fourth-order valence-corrected chi connectivity index (χ4v) is 0.808. The van der Waals surface area contributed by atoms with Gasteiger partial charge >= 0.3 is 25.6 Å². The molecule has 0 bridgehead atoms. The zero-order valence-corrected chi connectivity index (χ0v) is 7.10. The molecule has 0 aliphatic rings. The van der Waals surface area contributed by atoms with Crippen LogP contribution in [0.4, 0.5) is 0 Å². The van der Waals surface area contributed by atoms with Gasteiger partial charge in [-0.3, -0.25) is 4.98 Å². The van der Waals surface area contributed by atoms with Crippen LogP contribution in [0.3, 0.4) is 0 Å². The maximum absolute atomic E-state index is 8.76. The molecule has 0 saturated heterocycles. The summed E-state index contributed by atoms with van der Waals surface area (Å²) in [5.74, 6) is 0. The Morgan fingerprint density at radius 2 is 1.92 bits per heavy atom. The molecule has 0 radical (unpaired) electrons. The molecule has 0 aliphatic heterocycles. The van der Waals surface area contributed by atoms with Crippen molar-refractivity contribution in [1.29, 1.82) is 0 Å². The van der Waals surface area contributed by atoms with Crippen LogP contribution in [-0.4, -0.2) is 26.8 Å². The molecule has 0 atom stereocenters. The van der Waals surface area contributed by atoms with Gasteiger partial charge in [-0.15, -0.1) is 5.46 Å². The molecule has 1 aromatic rings. The van der Waals surface area contributed by atoms with E-state index in [0.717, 1.165) is 0 Å². The van der Waals surface area contributed by atoms with Gasteiger partial charge in [0.15, 0.2) is 0 Å². The number of hydrogen-bond donors (Lipinski definition) is 3. The molecule has 3 N–H and O–H groups in total. The Kier molecular flexibility index (Phi) is 3.97. The summed E-state index contributed by atoms with van der Waals surface area (Å²) in [6, 6.07) is 2.77. The number of aromatic nitrogens is 1. The summed E-state index contributed by atoms with van der Waals surface area (Å²) in [6.45, 7) is -1.66. The second-order valence-electron chi connectivity index (χ2n) is 2.46. The molecule has 0 amide bonds. The molecule has 1 rings (SSSR count). The number of rotatable bonds is 1. The summed E-state index contributed by atoms with van der Waals surface area (Å²) in [5.41, 5.74) is 0.711. The first-order chi connectivity index (χ1) is 5.00. The van der Waals surface area contributed by atoms with E-state index in [0.29, 0.717) is 5.69 Å². The molecule has 0 unspecified atom stereocenters. The molecule has 0 aliphatic carbocycles. The molecule has 0 spiro atoms. The third-order valence-corrected chi connectivity index (χ3v) is 1.37. The van der Waals surface area contributed by atoms with Crippen LogP contribution in [0.15, 0.2) is 18.3 Å². The van der Waals surface area contributed by atoms with E-state index < -0.39 is 6.75 Å². The molecule has 0 aromatic carbocycles. The van der Waals surface area contributed by atoms with Crippen molar-refractivity contribution in [2.24, 2.45) is 0 Å². The maximum atomic E-state index is 8.76. The van der Waals surface area contributed by atoms with E-state index in [1.165, 1.54) is 18.3 Å². The molecule has 0 saturated carbocycles. The average Bonchev–Trinajstić information content (AvgIpc) is 1.86. The van der Waals surface area contributed by atoms with E-state index in [-0.39, 0.29) is 24.3 Å². The van der Waals surface area contributed by atoms with Crippen LogP contribution in [0.25, 0.3) is 0 Å². The molecule has 4 nitrogen and oxygen atoms in total. The normalized spacial score (nSPS) is 10.7. The van der Waals surface area contributed by atoms with Gasteiger partial charge in [0.05, 0.1) is 0 Å². The summed E-state index contributed by atoms with van der Waals surface area (Å²) in [5, 5.41) is 26.3. The third-order valence-electron chi connectivity index (χ3n) is 1.37.